The third-order valence-electron chi connectivity index (χ3n) is 5.05. The summed E-state index contributed by atoms with van der Waals surface area (Å²) in [5.41, 5.74) is 6.52. The van der Waals surface area contributed by atoms with Crippen molar-refractivity contribution in [2.75, 3.05) is 0 Å². The summed E-state index contributed by atoms with van der Waals surface area (Å²) in [6, 6.07) is 28.3. The molecule has 0 nitrogen and oxygen atoms in total. The van der Waals surface area contributed by atoms with Crippen LogP contribution in [0.15, 0.2) is 96.6 Å². The summed E-state index contributed by atoms with van der Waals surface area (Å²) in [6.45, 7) is 6.49. The Balaban J connectivity index is 2.18. The first-order chi connectivity index (χ1) is 13.2. The van der Waals surface area contributed by atoms with Crippen molar-refractivity contribution in [3.8, 4) is 11.1 Å². The predicted molar refractivity (Wildman–Crippen MR) is 120 cm³/mol. The fourth-order valence-corrected chi connectivity index (χ4v) is 3.84. The van der Waals surface area contributed by atoms with Gasteiger partial charge in [0.05, 0.1) is 0 Å². The molecule has 4 aromatic rings. The zero-order valence-electron chi connectivity index (χ0n) is 16.2. The molecule has 0 N–H and O–H groups in total. The van der Waals surface area contributed by atoms with Crippen LogP contribution in [0, 0.1) is 0 Å². The van der Waals surface area contributed by atoms with Gasteiger partial charge in [0.2, 0.25) is 0 Å². The van der Waals surface area contributed by atoms with Gasteiger partial charge in [-0.25, -0.2) is 0 Å². The molecule has 0 unspecified atom stereocenters. The smallest absolute Gasteiger partial charge is 0.00264 e. The minimum absolute atomic E-state index is 1.27. The van der Waals surface area contributed by atoms with E-state index in [-0.39, 0.29) is 0 Å². The van der Waals surface area contributed by atoms with E-state index in [1.165, 1.54) is 49.4 Å². The molecular weight excluding hydrogens is 324 g/mol. The fourth-order valence-electron chi connectivity index (χ4n) is 3.84. The van der Waals surface area contributed by atoms with Gasteiger partial charge >= 0.3 is 0 Å². The van der Waals surface area contributed by atoms with Crippen LogP contribution in [0.3, 0.4) is 0 Å². The van der Waals surface area contributed by atoms with Crippen molar-refractivity contribution >= 4 is 27.1 Å². The second kappa shape index (κ2) is 7.25. The van der Waals surface area contributed by atoms with Gasteiger partial charge in [0.1, 0.15) is 0 Å². The maximum absolute atomic E-state index is 2.25. The van der Waals surface area contributed by atoms with Crippen molar-refractivity contribution in [3.05, 3.63) is 102 Å². The van der Waals surface area contributed by atoms with Crippen molar-refractivity contribution in [3.63, 3.8) is 0 Å². The van der Waals surface area contributed by atoms with Gasteiger partial charge in [-0.2, -0.15) is 0 Å². The lowest BCUT2D eigenvalue weighted by Gasteiger charge is -2.17. The van der Waals surface area contributed by atoms with E-state index in [0.717, 1.165) is 0 Å². The van der Waals surface area contributed by atoms with Crippen molar-refractivity contribution in [2.24, 2.45) is 0 Å². The highest BCUT2D eigenvalue weighted by Gasteiger charge is 2.15. The first-order valence-corrected chi connectivity index (χ1v) is 9.48. The Hall–Kier alpha value is -3.12. The molecule has 0 aromatic heterocycles. The number of fused-ring (bicyclic) bond motifs is 2. The van der Waals surface area contributed by atoms with Crippen LogP contribution in [0.1, 0.15) is 26.3 Å². The van der Waals surface area contributed by atoms with E-state index in [1.54, 1.807) is 0 Å². The third-order valence-corrected chi connectivity index (χ3v) is 5.05. The molecule has 27 heavy (non-hydrogen) atoms. The van der Waals surface area contributed by atoms with E-state index in [9.17, 15) is 0 Å². The highest BCUT2D eigenvalue weighted by atomic mass is 14.2. The number of rotatable bonds is 3. The minimum Gasteiger partial charge on any atom is -0.0764 e. The van der Waals surface area contributed by atoms with Crippen LogP contribution in [-0.4, -0.2) is 0 Å². The molecule has 0 heteroatoms. The number of benzene rings is 4. The zero-order valence-corrected chi connectivity index (χ0v) is 16.2. The molecule has 0 aliphatic carbocycles. The topological polar surface area (TPSA) is 0 Å². The molecule has 132 valence electrons. The molecular formula is C27H24. The van der Waals surface area contributed by atoms with E-state index in [2.05, 4.69) is 112 Å². The Morgan fingerprint density at radius 2 is 1.04 bits per heavy atom. The lowest BCUT2D eigenvalue weighted by molar-refractivity contribution is 1.39. The van der Waals surface area contributed by atoms with Crippen LogP contribution < -0.4 is 0 Å². The number of hydrogen-bond donors (Lipinski definition) is 0. The predicted octanol–water partition coefficient (Wildman–Crippen LogP) is 8.03. The first kappa shape index (κ1) is 17.3. The fraction of sp³-hybridized carbons (Fsp3) is 0.111. The maximum Gasteiger partial charge on any atom is -0.00264 e. The van der Waals surface area contributed by atoms with Gasteiger partial charge in [-0.3, -0.25) is 0 Å². The third kappa shape index (κ3) is 3.19. The minimum atomic E-state index is 1.27. The summed E-state index contributed by atoms with van der Waals surface area (Å²) >= 11 is 0. The molecule has 0 bridgehead atoms. The van der Waals surface area contributed by atoms with E-state index in [4.69, 9.17) is 0 Å². The molecule has 4 aromatic carbocycles. The van der Waals surface area contributed by atoms with E-state index in [0.29, 0.717) is 0 Å². The van der Waals surface area contributed by atoms with Crippen LogP contribution >= 0.6 is 0 Å². The normalized spacial score (nSPS) is 11.7. The average Bonchev–Trinajstić information content (AvgIpc) is 2.70. The molecule has 0 atom stereocenters. The van der Waals surface area contributed by atoms with Crippen LogP contribution in [0.25, 0.3) is 38.2 Å². The Bertz CT molecular complexity index is 1110. The Morgan fingerprint density at radius 3 is 1.56 bits per heavy atom. The Morgan fingerprint density at radius 1 is 0.556 bits per heavy atom. The molecule has 0 fully saturated rings. The number of hydrogen-bond acceptors (Lipinski definition) is 0. The molecule has 0 heterocycles. The van der Waals surface area contributed by atoms with Gasteiger partial charge < -0.3 is 0 Å². The molecule has 0 aliphatic heterocycles. The summed E-state index contributed by atoms with van der Waals surface area (Å²) in [7, 11) is 0. The van der Waals surface area contributed by atoms with Crippen molar-refractivity contribution < 1.29 is 0 Å². The van der Waals surface area contributed by atoms with Crippen molar-refractivity contribution in [1.29, 1.82) is 0 Å². The molecule has 0 amide bonds. The lowest BCUT2D eigenvalue weighted by atomic mass is 9.86. The van der Waals surface area contributed by atoms with Gasteiger partial charge in [-0.1, -0.05) is 96.6 Å². The van der Waals surface area contributed by atoms with Gasteiger partial charge in [-0.15, -0.1) is 0 Å². The zero-order chi connectivity index (χ0) is 18.8. The van der Waals surface area contributed by atoms with Crippen LogP contribution in [0.2, 0.25) is 0 Å². The van der Waals surface area contributed by atoms with Gasteiger partial charge in [0, 0.05) is 0 Å². The first-order valence-electron chi connectivity index (χ1n) is 9.48. The molecule has 4 rings (SSSR count). The second-order valence-electron chi connectivity index (χ2n) is 7.30. The largest absolute Gasteiger partial charge is 0.0764 e. The van der Waals surface area contributed by atoms with E-state index in [1.807, 2.05) is 0 Å². The molecule has 0 saturated heterocycles. The second-order valence-corrected chi connectivity index (χ2v) is 7.30. The summed E-state index contributed by atoms with van der Waals surface area (Å²) < 4.78 is 0. The molecule has 0 spiro atoms. The molecule has 0 saturated carbocycles. The van der Waals surface area contributed by atoms with Gasteiger partial charge in [0.15, 0.2) is 0 Å². The highest BCUT2D eigenvalue weighted by molar-refractivity contribution is 6.18. The lowest BCUT2D eigenvalue weighted by Crippen LogP contribution is -1.92. The summed E-state index contributed by atoms with van der Waals surface area (Å²) in [6.07, 6.45) is 4.44. The quantitative estimate of drug-likeness (QED) is 0.260. The summed E-state index contributed by atoms with van der Waals surface area (Å²) in [5, 5.41) is 5.24. The maximum atomic E-state index is 2.25. The van der Waals surface area contributed by atoms with E-state index >= 15 is 0 Å². The van der Waals surface area contributed by atoms with Crippen molar-refractivity contribution in [2.45, 2.75) is 20.8 Å². The van der Waals surface area contributed by atoms with Crippen molar-refractivity contribution in [1.82, 2.24) is 0 Å². The van der Waals surface area contributed by atoms with Crippen LogP contribution in [-0.2, 0) is 0 Å². The standard InChI is InChI=1S/C27H24/c1-19(2)17-18-20(3)26-22-13-7-9-15-24(22)27(21-11-5-4-6-12-21)25-16-10-8-14-23(25)26/h4-18H,1-3H3/b20-18+. The van der Waals surface area contributed by atoms with E-state index < -0.39 is 0 Å². The van der Waals surface area contributed by atoms with Crippen LogP contribution in [0.5, 0.6) is 0 Å². The molecule has 0 radical (unpaired) electrons. The highest BCUT2D eigenvalue weighted by Crippen LogP contribution is 2.41. The summed E-state index contributed by atoms with van der Waals surface area (Å²) in [4.78, 5) is 0. The monoisotopic (exact) mass is 348 g/mol. The molecule has 0 aliphatic rings. The van der Waals surface area contributed by atoms with Gasteiger partial charge in [-0.05, 0) is 64.6 Å². The number of allylic oxidation sites excluding steroid dienone is 4. The van der Waals surface area contributed by atoms with Gasteiger partial charge in [0.25, 0.3) is 0 Å². The Labute approximate surface area is 161 Å². The SMILES string of the molecule is CC(C)=C/C=C(\C)c1c2ccccc2c(-c2ccccc2)c2ccccc12. The van der Waals surface area contributed by atoms with Crippen LogP contribution in [0.4, 0.5) is 0 Å². The average molecular weight is 348 g/mol. The summed E-state index contributed by atoms with van der Waals surface area (Å²) in [5.74, 6) is 0. The Kier molecular flexibility index (Phi) is 4.64.